The second-order valence-corrected chi connectivity index (χ2v) is 8.65. The van der Waals surface area contributed by atoms with Crippen LogP contribution in [0.2, 0.25) is 0 Å². The SMILES string of the molecule is CCS(=O)(=O)Nc1ccc(-c2cc(NC(=O)C(C)C)nc3[nH]ccc23)cc1F. The third kappa shape index (κ3) is 4.14. The molecule has 1 amide bonds. The zero-order chi connectivity index (χ0) is 20.5. The number of carbonyl (C=O) groups is 1. The number of aromatic nitrogens is 2. The molecule has 0 spiro atoms. The van der Waals surface area contributed by atoms with Crippen molar-refractivity contribution < 1.29 is 17.6 Å². The average molecular weight is 404 g/mol. The highest BCUT2D eigenvalue weighted by Crippen LogP contribution is 2.32. The van der Waals surface area contributed by atoms with E-state index in [1.54, 1.807) is 38.2 Å². The Morgan fingerprint density at radius 3 is 2.64 bits per heavy atom. The van der Waals surface area contributed by atoms with Crippen LogP contribution in [-0.2, 0) is 14.8 Å². The lowest BCUT2D eigenvalue weighted by Crippen LogP contribution is -2.18. The predicted octanol–water partition coefficient (Wildman–Crippen LogP) is 3.73. The van der Waals surface area contributed by atoms with Crippen LogP contribution in [-0.4, -0.2) is 30.0 Å². The van der Waals surface area contributed by atoms with Crippen LogP contribution in [0.5, 0.6) is 0 Å². The Bertz CT molecular complexity index is 1140. The number of hydrogen-bond donors (Lipinski definition) is 3. The topological polar surface area (TPSA) is 104 Å². The number of pyridine rings is 1. The number of halogens is 1. The Kier molecular flexibility index (Phi) is 5.37. The van der Waals surface area contributed by atoms with Crippen molar-refractivity contribution in [3.8, 4) is 11.1 Å². The van der Waals surface area contributed by atoms with Gasteiger partial charge < -0.3 is 10.3 Å². The van der Waals surface area contributed by atoms with Gasteiger partial charge in [0.1, 0.15) is 17.3 Å². The monoisotopic (exact) mass is 404 g/mol. The van der Waals surface area contributed by atoms with Crippen molar-refractivity contribution in [2.45, 2.75) is 20.8 Å². The van der Waals surface area contributed by atoms with Crippen molar-refractivity contribution >= 4 is 38.5 Å². The Morgan fingerprint density at radius 2 is 2.00 bits per heavy atom. The van der Waals surface area contributed by atoms with Gasteiger partial charge in [0.15, 0.2) is 0 Å². The van der Waals surface area contributed by atoms with Crippen LogP contribution in [0.4, 0.5) is 15.9 Å². The van der Waals surface area contributed by atoms with E-state index in [0.717, 1.165) is 5.39 Å². The lowest BCUT2D eigenvalue weighted by atomic mass is 10.0. The summed E-state index contributed by atoms with van der Waals surface area (Å²) in [6, 6.07) is 7.72. The first-order chi connectivity index (χ1) is 13.2. The number of aromatic amines is 1. The number of anilines is 2. The van der Waals surface area contributed by atoms with E-state index in [0.29, 0.717) is 22.6 Å². The van der Waals surface area contributed by atoms with Gasteiger partial charge in [0, 0.05) is 17.5 Å². The number of benzene rings is 1. The molecule has 0 saturated heterocycles. The standard InChI is InChI=1S/C19H21FN4O3S/c1-4-28(26,27)24-16-6-5-12(9-15(16)20)14-10-17(23-19(25)11(2)3)22-18-13(14)7-8-21-18/h5-11,24H,4H2,1-3H3,(H2,21,22,23,25). The Labute approximate surface area is 162 Å². The van der Waals surface area contributed by atoms with Crippen molar-refractivity contribution in [3.05, 3.63) is 42.3 Å². The molecule has 0 atom stereocenters. The molecule has 3 N–H and O–H groups in total. The van der Waals surface area contributed by atoms with Gasteiger partial charge in [-0.3, -0.25) is 9.52 Å². The van der Waals surface area contributed by atoms with E-state index in [1.807, 2.05) is 0 Å². The third-order valence-electron chi connectivity index (χ3n) is 4.23. The highest BCUT2D eigenvalue weighted by molar-refractivity contribution is 7.92. The smallest absolute Gasteiger partial charge is 0.232 e. The summed E-state index contributed by atoms with van der Waals surface area (Å²) in [6.07, 6.45) is 1.70. The van der Waals surface area contributed by atoms with Crippen LogP contribution in [0.15, 0.2) is 36.5 Å². The molecule has 0 aliphatic rings. The van der Waals surface area contributed by atoms with Gasteiger partial charge in [-0.2, -0.15) is 0 Å². The number of amides is 1. The second kappa shape index (κ2) is 7.59. The number of nitrogens with one attached hydrogen (secondary N) is 3. The molecule has 0 saturated carbocycles. The molecular formula is C19H21FN4O3S. The zero-order valence-electron chi connectivity index (χ0n) is 15.7. The van der Waals surface area contributed by atoms with Crippen LogP contribution in [0.3, 0.4) is 0 Å². The van der Waals surface area contributed by atoms with Crippen molar-refractivity contribution in [1.29, 1.82) is 0 Å². The average Bonchev–Trinajstić information content (AvgIpc) is 3.11. The summed E-state index contributed by atoms with van der Waals surface area (Å²) in [5.74, 6) is -0.892. The van der Waals surface area contributed by atoms with Crippen LogP contribution < -0.4 is 10.0 Å². The summed E-state index contributed by atoms with van der Waals surface area (Å²) < 4.78 is 40.1. The fourth-order valence-corrected chi connectivity index (χ4v) is 3.26. The Hall–Kier alpha value is -2.94. The molecule has 3 aromatic rings. The van der Waals surface area contributed by atoms with E-state index < -0.39 is 15.8 Å². The van der Waals surface area contributed by atoms with Crippen LogP contribution in [0, 0.1) is 11.7 Å². The molecule has 0 bridgehead atoms. The maximum Gasteiger partial charge on any atom is 0.232 e. The van der Waals surface area contributed by atoms with Gasteiger partial charge in [0.25, 0.3) is 0 Å². The zero-order valence-corrected chi connectivity index (χ0v) is 16.5. The molecule has 28 heavy (non-hydrogen) atoms. The highest BCUT2D eigenvalue weighted by atomic mass is 32.2. The number of rotatable bonds is 6. The number of hydrogen-bond acceptors (Lipinski definition) is 4. The molecule has 2 aromatic heterocycles. The highest BCUT2D eigenvalue weighted by Gasteiger charge is 2.15. The van der Waals surface area contributed by atoms with Crippen molar-refractivity contribution in [1.82, 2.24) is 9.97 Å². The minimum absolute atomic E-state index is 0.113. The van der Waals surface area contributed by atoms with Gasteiger partial charge in [-0.25, -0.2) is 17.8 Å². The lowest BCUT2D eigenvalue weighted by molar-refractivity contribution is -0.118. The summed E-state index contributed by atoms with van der Waals surface area (Å²) in [6.45, 7) is 5.02. The maximum absolute atomic E-state index is 14.5. The molecule has 7 nitrogen and oxygen atoms in total. The van der Waals surface area contributed by atoms with E-state index in [1.165, 1.54) is 19.1 Å². The third-order valence-corrected chi connectivity index (χ3v) is 5.52. The van der Waals surface area contributed by atoms with Crippen LogP contribution in [0.1, 0.15) is 20.8 Å². The molecule has 3 rings (SSSR count). The summed E-state index contributed by atoms with van der Waals surface area (Å²) in [7, 11) is -3.58. The molecular weight excluding hydrogens is 383 g/mol. The predicted molar refractivity (Wildman–Crippen MR) is 108 cm³/mol. The molecule has 0 aliphatic heterocycles. The number of fused-ring (bicyclic) bond motifs is 1. The number of sulfonamides is 1. The van der Waals surface area contributed by atoms with Gasteiger partial charge in [0.05, 0.1) is 11.4 Å². The molecule has 148 valence electrons. The molecule has 0 unspecified atom stereocenters. The quantitative estimate of drug-likeness (QED) is 0.582. The van der Waals surface area contributed by atoms with Crippen LogP contribution >= 0.6 is 0 Å². The van der Waals surface area contributed by atoms with E-state index in [4.69, 9.17) is 0 Å². The van der Waals surface area contributed by atoms with E-state index in [9.17, 15) is 17.6 Å². The number of nitrogens with zero attached hydrogens (tertiary/aromatic N) is 1. The Morgan fingerprint density at radius 1 is 1.25 bits per heavy atom. The van der Waals surface area contributed by atoms with Gasteiger partial charge in [-0.15, -0.1) is 0 Å². The van der Waals surface area contributed by atoms with E-state index >= 15 is 0 Å². The second-order valence-electron chi connectivity index (χ2n) is 6.64. The minimum atomic E-state index is -3.58. The molecule has 0 radical (unpaired) electrons. The number of H-pyrrole nitrogens is 1. The van der Waals surface area contributed by atoms with E-state index in [2.05, 4.69) is 20.0 Å². The normalized spacial score (nSPS) is 11.8. The van der Waals surface area contributed by atoms with Crippen LogP contribution in [0.25, 0.3) is 22.2 Å². The minimum Gasteiger partial charge on any atom is -0.346 e. The first kappa shape index (κ1) is 19.8. The van der Waals surface area contributed by atoms with Gasteiger partial charge in [-0.1, -0.05) is 19.9 Å². The molecule has 0 aliphatic carbocycles. The summed E-state index contributed by atoms with van der Waals surface area (Å²) in [4.78, 5) is 19.4. The molecule has 9 heteroatoms. The summed E-state index contributed by atoms with van der Waals surface area (Å²) >= 11 is 0. The molecule has 1 aromatic carbocycles. The molecule has 0 fully saturated rings. The first-order valence-corrected chi connectivity index (χ1v) is 10.4. The maximum atomic E-state index is 14.5. The lowest BCUT2D eigenvalue weighted by Gasteiger charge is -2.12. The first-order valence-electron chi connectivity index (χ1n) is 8.79. The van der Waals surface area contributed by atoms with Crippen molar-refractivity contribution in [2.75, 3.05) is 15.8 Å². The Balaban J connectivity index is 2.04. The fourth-order valence-electron chi connectivity index (χ4n) is 2.62. The van der Waals surface area contributed by atoms with Gasteiger partial charge in [-0.05, 0) is 42.3 Å². The van der Waals surface area contributed by atoms with Crippen molar-refractivity contribution in [3.63, 3.8) is 0 Å². The summed E-state index contributed by atoms with van der Waals surface area (Å²) in [5, 5.41) is 3.50. The largest absolute Gasteiger partial charge is 0.346 e. The number of carbonyl (C=O) groups excluding carboxylic acids is 1. The summed E-state index contributed by atoms with van der Waals surface area (Å²) in [5.41, 5.74) is 1.63. The fraction of sp³-hybridized carbons (Fsp3) is 0.263. The van der Waals surface area contributed by atoms with Gasteiger partial charge in [0.2, 0.25) is 15.9 Å². The van der Waals surface area contributed by atoms with E-state index in [-0.39, 0.29) is 23.3 Å². The van der Waals surface area contributed by atoms with Gasteiger partial charge >= 0.3 is 0 Å². The van der Waals surface area contributed by atoms with Crippen molar-refractivity contribution in [2.24, 2.45) is 5.92 Å². The molecule has 2 heterocycles.